The van der Waals surface area contributed by atoms with Gasteiger partial charge in [-0.25, -0.2) is 0 Å². The van der Waals surface area contributed by atoms with Crippen LogP contribution in [0.4, 0.5) is 17.1 Å². The number of anilines is 3. The van der Waals surface area contributed by atoms with E-state index in [1.165, 1.54) is 119 Å². The maximum absolute atomic E-state index is 2.59. The first-order chi connectivity index (χ1) is 34.2. The van der Waals surface area contributed by atoms with E-state index in [2.05, 4.69) is 254 Å². The van der Waals surface area contributed by atoms with Gasteiger partial charge in [-0.3, -0.25) is 0 Å². The first-order valence-corrected chi connectivity index (χ1v) is 24.7. The summed E-state index contributed by atoms with van der Waals surface area (Å²) in [5, 5.41) is 10.1. The molecule has 0 amide bonds. The zero-order valence-electron chi connectivity index (χ0n) is 37.5. The average Bonchev–Trinajstić information content (AvgIpc) is 4.05. The van der Waals surface area contributed by atoms with Gasteiger partial charge in [0.1, 0.15) is 0 Å². The van der Waals surface area contributed by atoms with Crippen LogP contribution in [0, 0.1) is 0 Å². The monoisotopic (exact) mass is 891 g/mol. The van der Waals surface area contributed by atoms with E-state index in [0.717, 1.165) is 17.1 Å². The Balaban J connectivity index is 1.11. The molecule has 1 heterocycles. The van der Waals surface area contributed by atoms with Crippen molar-refractivity contribution in [1.29, 1.82) is 0 Å². The van der Waals surface area contributed by atoms with Crippen LogP contribution in [-0.2, 0) is 5.41 Å². The average molecular weight is 892 g/mol. The van der Waals surface area contributed by atoms with E-state index in [-0.39, 0.29) is 0 Å². The van der Waals surface area contributed by atoms with E-state index >= 15 is 0 Å². The predicted octanol–water partition coefficient (Wildman–Crippen LogP) is 18.7. The van der Waals surface area contributed by atoms with Crippen molar-refractivity contribution in [1.82, 2.24) is 0 Å². The van der Waals surface area contributed by atoms with E-state index in [1.54, 1.807) is 0 Å². The number of fused-ring (bicyclic) bond motifs is 19. The maximum Gasteiger partial charge on any atom is 0.0726 e. The van der Waals surface area contributed by atoms with Crippen molar-refractivity contribution in [2.75, 3.05) is 4.90 Å². The summed E-state index contributed by atoms with van der Waals surface area (Å²) in [6.45, 7) is 0. The fraction of sp³-hybridized carbons (Fsp3) is 0.0149. The fourth-order valence-electron chi connectivity index (χ4n) is 12.4. The Bertz CT molecular complexity index is 4190. The molecule has 15 rings (SSSR count). The zero-order valence-corrected chi connectivity index (χ0v) is 38.3. The molecule has 0 aliphatic heterocycles. The Morgan fingerprint density at radius 3 is 1.45 bits per heavy atom. The first kappa shape index (κ1) is 38.5. The summed E-state index contributed by atoms with van der Waals surface area (Å²) in [5.41, 5.74) is 18.1. The van der Waals surface area contributed by atoms with Gasteiger partial charge < -0.3 is 4.90 Å². The SMILES string of the molecule is c1ccc(-c2cccc(N(c3ccc4c5ccccc5c5ccccc5c4c3)c3cc4c(cc3-c3cccc5sc6ccccc6c35)-c3ccccc3C43c4ccccc4-c4ccccc43)c2)cc1. The van der Waals surface area contributed by atoms with Gasteiger partial charge in [0.05, 0.1) is 11.1 Å². The van der Waals surface area contributed by atoms with Crippen molar-refractivity contribution in [3.63, 3.8) is 0 Å². The Kier molecular flexibility index (Phi) is 8.22. The van der Waals surface area contributed by atoms with Crippen LogP contribution in [0.5, 0.6) is 0 Å². The third-order valence-electron chi connectivity index (χ3n) is 15.2. The fourth-order valence-corrected chi connectivity index (χ4v) is 13.6. The van der Waals surface area contributed by atoms with Gasteiger partial charge in [0.2, 0.25) is 0 Å². The molecule has 0 radical (unpaired) electrons. The van der Waals surface area contributed by atoms with Crippen LogP contribution in [-0.4, -0.2) is 0 Å². The molecule has 1 nitrogen and oxygen atoms in total. The van der Waals surface area contributed by atoms with E-state index in [1.807, 2.05) is 11.3 Å². The number of hydrogen-bond donors (Lipinski definition) is 0. The molecule has 0 unspecified atom stereocenters. The maximum atomic E-state index is 2.59. The van der Waals surface area contributed by atoms with Crippen LogP contribution < -0.4 is 4.90 Å². The third-order valence-corrected chi connectivity index (χ3v) is 16.4. The molecule has 69 heavy (non-hydrogen) atoms. The smallest absolute Gasteiger partial charge is 0.0726 e. The third kappa shape index (κ3) is 5.41. The summed E-state index contributed by atoms with van der Waals surface area (Å²) in [5.74, 6) is 0. The molecular weight excluding hydrogens is 851 g/mol. The predicted molar refractivity (Wildman–Crippen MR) is 294 cm³/mol. The number of rotatable bonds is 5. The van der Waals surface area contributed by atoms with E-state index < -0.39 is 5.41 Å². The van der Waals surface area contributed by atoms with Crippen LogP contribution in [0.1, 0.15) is 22.3 Å². The Labute approximate surface area is 404 Å². The lowest BCUT2D eigenvalue weighted by Crippen LogP contribution is -2.26. The summed E-state index contributed by atoms with van der Waals surface area (Å²) in [6.07, 6.45) is 0. The molecule has 12 aromatic carbocycles. The minimum absolute atomic E-state index is 0.524. The molecule has 320 valence electrons. The van der Waals surface area contributed by atoms with Gasteiger partial charge in [0.15, 0.2) is 0 Å². The van der Waals surface area contributed by atoms with Crippen LogP contribution in [0.2, 0.25) is 0 Å². The van der Waals surface area contributed by atoms with Gasteiger partial charge in [0, 0.05) is 37.1 Å². The molecule has 1 aromatic heterocycles. The van der Waals surface area contributed by atoms with Crippen molar-refractivity contribution in [3.8, 4) is 44.5 Å². The molecule has 2 aliphatic rings. The lowest BCUT2D eigenvalue weighted by molar-refractivity contribution is 0.794. The molecule has 0 saturated heterocycles. The lowest BCUT2D eigenvalue weighted by atomic mass is 9.70. The summed E-state index contributed by atoms with van der Waals surface area (Å²) in [7, 11) is 0. The molecule has 0 bridgehead atoms. The van der Waals surface area contributed by atoms with Crippen LogP contribution in [0.25, 0.3) is 97.0 Å². The minimum atomic E-state index is -0.524. The highest BCUT2D eigenvalue weighted by molar-refractivity contribution is 7.25. The number of hydrogen-bond acceptors (Lipinski definition) is 2. The Morgan fingerprint density at radius 2 is 0.768 bits per heavy atom. The van der Waals surface area contributed by atoms with Gasteiger partial charge >= 0.3 is 0 Å². The number of thiophene rings is 1. The highest BCUT2D eigenvalue weighted by Gasteiger charge is 2.52. The molecule has 13 aromatic rings. The van der Waals surface area contributed by atoms with Gasteiger partial charge in [-0.2, -0.15) is 0 Å². The molecule has 0 fully saturated rings. The summed E-state index contributed by atoms with van der Waals surface area (Å²) in [4.78, 5) is 2.57. The molecule has 0 saturated carbocycles. The topological polar surface area (TPSA) is 3.24 Å². The second-order valence-electron chi connectivity index (χ2n) is 18.7. The molecule has 0 N–H and O–H groups in total. The Morgan fingerprint density at radius 1 is 0.275 bits per heavy atom. The van der Waals surface area contributed by atoms with Crippen molar-refractivity contribution < 1.29 is 0 Å². The van der Waals surface area contributed by atoms with Crippen molar-refractivity contribution in [3.05, 3.63) is 271 Å². The van der Waals surface area contributed by atoms with Crippen molar-refractivity contribution >= 4 is 80.9 Å². The second-order valence-corrected chi connectivity index (χ2v) is 19.7. The van der Waals surface area contributed by atoms with E-state index in [4.69, 9.17) is 0 Å². The highest BCUT2D eigenvalue weighted by atomic mass is 32.1. The molecular formula is C67H41NS. The standard InChI is InChI=1S/C67H41NS/c1-2-18-42(19-3-1)43-20-16-21-44(38-43)68(45-36-37-50-48-24-5-4-22-46(48)47-23-6-7-25-49(47)56(50)39-45)63-41-62-57(40-58(63)54-30-17-35-65-66(54)55-29-11-15-34-64(55)69-65)53-28-10-14-33-61(53)67(62)59-31-12-8-26-51(59)52-27-9-13-32-60(52)67/h1-41H. The molecule has 2 aliphatic carbocycles. The summed E-state index contributed by atoms with van der Waals surface area (Å²) < 4.78 is 2.59. The van der Waals surface area contributed by atoms with Crippen molar-refractivity contribution in [2.45, 2.75) is 5.41 Å². The molecule has 0 atom stereocenters. The molecule has 2 heteroatoms. The highest BCUT2D eigenvalue weighted by Crippen LogP contribution is 2.64. The zero-order chi connectivity index (χ0) is 45.2. The quantitative estimate of drug-likeness (QED) is 0.156. The van der Waals surface area contributed by atoms with Gasteiger partial charge in [-0.15, -0.1) is 11.3 Å². The van der Waals surface area contributed by atoms with Crippen LogP contribution in [0.15, 0.2) is 249 Å². The van der Waals surface area contributed by atoms with Gasteiger partial charge in [-0.1, -0.05) is 200 Å². The van der Waals surface area contributed by atoms with E-state index in [9.17, 15) is 0 Å². The van der Waals surface area contributed by atoms with Crippen LogP contribution >= 0.6 is 11.3 Å². The summed E-state index contributed by atoms with van der Waals surface area (Å²) >= 11 is 1.88. The Hall–Kier alpha value is -8.56. The minimum Gasteiger partial charge on any atom is -0.310 e. The van der Waals surface area contributed by atoms with Gasteiger partial charge in [-0.05, 0) is 142 Å². The van der Waals surface area contributed by atoms with Gasteiger partial charge in [0.25, 0.3) is 0 Å². The molecule has 1 spiro atoms. The van der Waals surface area contributed by atoms with Crippen molar-refractivity contribution in [2.24, 2.45) is 0 Å². The lowest BCUT2D eigenvalue weighted by Gasteiger charge is -2.33. The summed E-state index contributed by atoms with van der Waals surface area (Å²) in [6, 6.07) is 93.5. The second kappa shape index (κ2) is 14.7. The largest absolute Gasteiger partial charge is 0.310 e. The van der Waals surface area contributed by atoms with Crippen LogP contribution in [0.3, 0.4) is 0 Å². The number of benzene rings is 12. The first-order valence-electron chi connectivity index (χ1n) is 23.9. The van der Waals surface area contributed by atoms with E-state index in [0.29, 0.717) is 0 Å². The normalized spacial score (nSPS) is 13.0. The number of nitrogens with zero attached hydrogens (tertiary/aromatic N) is 1.